The second kappa shape index (κ2) is 5.26. The minimum atomic E-state index is -2.18. The number of hydrogen-bond donors (Lipinski definition) is 0. The Bertz CT molecular complexity index is 278. The third kappa shape index (κ3) is 5.80. The van der Waals surface area contributed by atoms with Gasteiger partial charge < -0.3 is 8.23 Å². The van der Waals surface area contributed by atoms with Gasteiger partial charge in [0.1, 0.15) is 0 Å². The predicted molar refractivity (Wildman–Crippen MR) is 88.2 cm³/mol. The topological polar surface area (TPSA) is 18.5 Å². The Morgan fingerprint density at radius 3 is 1.41 bits per heavy atom. The predicted octanol–water partition coefficient (Wildman–Crippen LogP) is 4.27. The maximum absolute atomic E-state index is 6.55. The zero-order valence-electron chi connectivity index (χ0n) is 13.1. The lowest BCUT2D eigenvalue weighted by Gasteiger charge is -2.43. The van der Waals surface area contributed by atoms with Crippen molar-refractivity contribution in [3.8, 4) is 0 Å². The van der Waals surface area contributed by atoms with Crippen molar-refractivity contribution in [2.24, 2.45) is 0 Å². The van der Waals surface area contributed by atoms with Crippen LogP contribution >= 0.6 is 0 Å². The molecule has 0 saturated heterocycles. The Balaban J connectivity index is 4.99. The Labute approximate surface area is 112 Å². The lowest BCUT2D eigenvalue weighted by molar-refractivity contribution is 0.407. The molecule has 0 rings (SSSR count). The third-order valence-electron chi connectivity index (χ3n) is 3.14. The second-order valence-electron chi connectivity index (χ2n) is 7.30. The van der Waals surface area contributed by atoms with Crippen molar-refractivity contribution in [3.63, 3.8) is 0 Å². The van der Waals surface area contributed by atoms with E-state index >= 15 is 0 Å². The molecule has 0 aliphatic heterocycles. The van der Waals surface area contributed by atoms with E-state index in [1.807, 2.05) is 5.70 Å². The molecule has 0 bridgehead atoms. The molecule has 0 amide bonds. The molecule has 0 aromatic carbocycles. The van der Waals surface area contributed by atoms with E-state index in [1.54, 1.807) is 0 Å². The number of hydrogen-bond acceptors (Lipinski definition) is 2. The molecule has 17 heavy (non-hydrogen) atoms. The summed E-state index contributed by atoms with van der Waals surface area (Å²) in [5, 5.41) is 0. The molecule has 1 atom stereocenters. The molecule has 0 aromatic rings. The van der Waals surface area contributed by atoms with Crippen LogP contribution in [0.5, 0.6) is 0 Å². The molecule has 0 aliphatic carbocycles. The summed E-state index contributed by atoms with van der Waals surface area (Å²) in [5.74, 6) is 0. The number of rotatable bonds is 6. The van der Waals surface area contributed by atoms with Gasteiger partial charge in [0.05, 0.1) is 7.59 Å². The summed E-state index contributed by atoms with van der Waals surface area (Å²) in [4.78, 5) is 0. The van der Waals surface area contributed by atoms with Crippen LogP contribution in [-0.2, 0) is 8.23 Å². The normalized spacial score (nSPS) is 17.7. The van der Waals surface area contributed by atoms with Crippen LogP contribution in [0.2, 0.25) is 58.9 Å². The summed E-state index contributed by atoms with van der Waals surface area (Å²) in [6.45, 7) is 24.6. The van der Waals surface area contributed by atoms with Gasteiger partial charge in [0, 0.05) is 0 Å². The smallest absolute Gasteiger partial charge is 0.340 e. The molecule has 2 nitrogen and oxygen atoms in total. The molecule has 102 valence electrons. The van der Waals surface area contributed by atoms with E-state index in [-0.39, 0.29) is 0 Å². The van der Waals surface area contributed by atoms with Crippen LogP contribution in [0.4, 0.5) is 0 Å². The van der Waals surface area contributed by atoms with Crippen LogP contribution in [0.25, 0.3) is 0 Å². The summed E-state index contributed by atoms with van der Waals surface area (Å²) in [5.41, 5.74) is 1.96. The lowest BCUT2D eigenvalue weighted by atomic mass is 11.3. The minimum absolute atomic E-state index is 1.25. The summed E-state index contributed by atoms with van der Waals surface area (Å²) in [7, 11) is -6.63. The summed E-state index contributed by atoms with van der Waals surface area (Å²) >= 11 is 0. The summed E-state index contributed by atoms with van der Waals surface area (Å²) in [6.07, 6.45) is 0. The van der Waals surface area contributed by atoms with E-state index < -0.39 is 32.3 Å². The average Bonchev–Trinajstić information content (AvgIpc) is 1.97. The molecule has 0 saturated carbocycles. The van der Waals surface area contributed by atoms with E-state index in [0.29, 0.717) is 0 Å². The van der Waals surface area contributed by atoms with Gasteiger partial charge in [-0.2, -0.15) is 0 Å². The van der Waals surface area contributed by atoms with Crippen molar-refractivity contribution in [2.75, 3.05) is 0 Å². The monoisotopic (exact) mass is 306 g/mol. The van der Waals surface area contributed by atoms with Crippen molar-refractivity contribution in [2.45, 2.75) is 58.9 Å². The van der Waals surface area contributed by atoms with Gasteiger partial charge in [0.2, 0.25) is 0 Å². The zero-order valence-corrected chi connectivity index (χ0v) is 17.1. The first-order valence-electron chi connectivity index (χ1n) is 6.26. The molecule has 0 radical (unpaired) electrons. The average molecular weight is 307 g/mol. The molecule has 0 spiro atoms. The first-order valence-corrected chi connectivity index (χ1v) is 19.5. The largest absolute Gasteiger partial charge is 0.436 e. The highest BCUT2D eigenvalue weighted by atomic mass is 29.3. The van der Waals surface area contributed by atoms with Crippen molar-refractivity contribution >= 4 is 32.3 Å². The van der Waals surface area contributed by atoms with Crippen molar-refractivity contribution in [3.05, 3.63) is 12.3 Å². The van der Waals surface area contributed by atoms with Crippen LogP contribution in [0.3, 0.4) is 0 Å². The highest BCUT2D eigenvalue weighted by molar-refractivity contribution is 7.39. The van der Waals surface area contributed by atoms with Crippen LogP contribution < -0.4 is 0 Å². The highest BCUT2D eigenvalue weighted by Crippen LogP contribution is 2.27. The van der Waals surface area contributed by atoms with Crippen LogP contribution in [0.1, 0.15) is 0 Å². The van der Waals surface area contributed by atoms with Crippen molar-refractivity contribution in [1.82, 2.24) is 0 Å². The SMILES string of the molecule is C=C[Si](C)(O[Si](C)(C)C)O[Si](C)(C)[Si](C)(C)C. The lowest BCUT2D eigenvalue weighted by Crippen LogP contribution is -2.62. The minimum Gasteiger partial charge on any atom is -0.436 e. The van der Waals surface area contributed by atoms with E-state index in [9.17, 15) is 0 Å². The fourth-order valence-corrected chi connectivity index (χ4v) is 17.3. The molecule has 0 heterocycles. The summed E-state index contributed by atoms with van der Waals surface area (Å²) in [6, 6.07) is 0. The maximum atomic E-state index is 6.55. The van der Waals surface area contributed by atoms with Gasteiger partial charge >= 0.3 is 8.56 Å². The molecule has 6 heteroatoms. The van der Waals surface area contributed by atoms with Gasteiger partial charge in [0.15, 0.2) is 16.2 Å². The van der Waals surface area contributed by atoms with Gasteiger partial charge in [-0.3, -0.25) is 0 Å². The molecule has 0 N–H and O–H groups in total. The van der Waals surface area contributed by atoms with Gasteiger partial charge in [-0.1, -0.05) is 25.3 Å². The second-order valence-corrected chi connectivity index (χ2v) is 31.2. The summed E-state index contributed by atoms with van der Waals surface area (Å²) < 4.78 is 12.8. The Kier molecular flexibility index (Phi) is 5.42. The van der Waals surface area contributed by atoms with Gasteiger partial charge in [-0.05, 0) is 39.3 Å². The van der Waals surface area contributed by atoms with Crippen molar-refractivity contribution in [1.29, 1.82) is 0 Å². The maximum Gasteiger partial charge on any atom is 0.340 e. The van der Waals surface area contributed by atoms with Crippen LogP contribution in [-0.4, -0.2) is 32.3 Å². The van der Waals surface area contributed by atoms with E-state index in [0.717, 1.165) is 0 Å². The quantitative estimate of drug-likeness (QED) is 0.682. The molecular formula is C11H30O2Si4. The molecule has 0 aliphatic rings. The first-order chi connectivity index (χ1) is 7.22. The third-order valence-corrected chi connectivity index (χ3v) is 27.0. The Morgan fingerprint density at radius 2 is 1.18 bits per heavy atom. The van der Waals surface area contributed by atoms with Gasteiger partial charge in [-0.25, -0.2) is 0 Å². The Hall–Kier alpha value is 0.528. The molecular weight excluding hydrogens is 276 g/mol. The van der Waals surface area contributed by atoms with E-state index in [2.05, 4.69) is 65.5 Å². The van der Waals surface area contributed by atoms with E-state index in [4.69, 9.17) is 8.23 Å². The van der Waals surface area contributed by atoms with Gasteiger partial charge in [0.25, 0.3) is 0 Å². The molecule has 0 fully saturated rings. The standard InChI is InChI=1S/C11H30O2Si4/c1-11-17(10,12-14(2,3)4)13-16(8,9)15(5,6)7/h11H,1H2,2-10H3. The zero-order chi connectivity index (χ0) is 14.1. The van der Waals surface area contributed by atoms with Crippen LogP contribution in [0.15, 0.2) is 12.3 Å². The van der Waals surface area contributed by atoms with Gasteiger partial charge in [-0.15, -0.1) is 6.58 Å². The van der Waals surface area contributed by atoms with Crippen LogP contribution in [0, 0.1) is 0 Å². The van der Waals surface area contributed by atoms with Crippen molar-refractivity contribution < 1.29 is 8.23 Å². The fourth-order valence-electron chi connectivity index (χ4n) is 1.37. The molecule has 0 aromatic heterocycles. The van der Waals surface area contributed by atoms with E-state index in [1.165, 1.54) is 0 Å². The highest BCUT2D eigenvalue weighted by Gasteiger charge is 2.46. The molecule has 1 unspecified atom stereocenters. The first kappa shape index (κ1) is 17.5. The Morgan fingerprint density at radius 1 is 0.765 bits per heavy atom. The fraction of sp³-hybridized carbons (Fsp3) is 0.818.